The van der Waals surface area contributed by atoms with Crippen LogP contribution in [0.15, 0.2) is 24.3 Å². The van der Waals surface area contributed by atoms with E-state index in [1.165, 1.54) is 0 Å². The van der Waals surface area contributed by atoms with Crippen LogP contribution in [0.2, 0.25) is 0 Å². The Bertz CT molecular complexity index is 437. The van der Waals surface area contributed by atoms with Crippen LogP contribution < -0.4 is 15.4 Å². The maximum atomic E-state index is 11.9. The van der Waals surface area contributed by atoms with Gasteiger partial charge in [-0.05, 0) is 43.9 Å². The second-order valence-corrected chi connectivity index (χ2v) is 5.19. The van der Waals surface area contributed by atoms with Crippen molar-refractivity contribution in [3.05, 3.63) is 29.8 Å². The second kappa shape index (κ2) is 9.23. The molecule has 3 N–H and O–H groups in total. The quantitative estimate of drug-likeness (QED) is 0.687. The van der Waals surface area contributed by atoms with Crippen molar-refractivity contribution in [2.45, 2.75) is 45.2 Å². The topological polar surface area (TPSA) is 70.6 Å². The van der Waals surface area contributed by atoms with Gasteiger partial charge in [0.1, 0.15) is 5.75 Å². The SMILES string of the molecule is CCC(CCO)NC(=O)NC(C)Cc1cccc(OC)c1. The first kappa shape index (κ1) is 17.3. The Morgan fingerprint density at radius 3 is 2.76 bits per heavy atom. The van der Waals surface area contributed by atoms with E-state index in [0.29, 0.717) is 6.42 Å². The summed E-state index contributed by atoms with van der Waals surface area (Å²) in [5.74, 6) is 0.818. The fraction of sp³-hybridized carbons (Fsp3) is 0.562. The number of amides is 2. The van der Waals surface area contributed by atoms with E-state index >= 15 is 0 Å². The molecule has 2 amide bonds. The molecule has 1 aromatic carbocycles. The van der Waals surface area contributed by atoms with E-state index in [1.807, 2.05) is 38.1 Å². The number of urea groups is 1. The van der Waals surface area contributed by atoms with Crippen LogP contribution in [0, 0.1) is 0 Å². The number of rotatable bonds is 8. The Kier molecular flexibility index (Phi) is 7.61. The lowest BCUT2D eigenvalue weighted by Gasteiger charge is -2.19. The van der Waals surface area contributed by atoms with Gasteiger partial charge in [-0.2, -0.15) is 0 Å². The molecule has 0 aromatic heterocycles. The zero-order valence-electron chi connectivity index (χ0n) is 13.1. The summed E-state index contributed by atoms with van der Waals surface area (Å²) in [5, 5.41) is 14.7. The van der Waals surface area contributed by atoms with Gasteiger partial charge in [0.05, 0.1) is 7.11 Å². The average Bonchev–Trinajstić information content (AvgIpc) is 2.46. The number of carbonyl (C=O) groups excluding carboxylic acids is 1. The highest BCUT2D eigenvalue weighted by atomic mass is 16.5. The first-order chi connectivity index (χ1) is 10.1. The Morgan fingerprint density at radius 1 is 1.38 bits per heavy atom. The van der Waals surface area contributed by atoms with Crippen molar-refractivity contribution in [2.75, 3.05) is 13.7 Å². The fourth-order valence-corrected chi connectivity index (χ4v) is 2.19. The number of carbonyl (C=O) groups is 1. The van der Waals surface area contributed by atoms with Crippen LogP contribution in [0.1, 0.15) is 32.3 Å². The standard InChI is InChI=1S/C16H26N2O3/c1-4-14(8-9-19)18-16(20)17-12(2)10-13-6-5-7-15(11-13)21-3/h5-7,11-12,14,19H,4,8-10H2,1-3H3,(H2,17,18,20). The molecule has 2 atom stereocenters. The highest BCUT2D eigenvalue weighted by molar-refractivity contribution is 5.74. The zero-order chi connectivity index (χ0) is 15.7. The largest absolute Gasteiger partial charge is 0.497 e. The van der Waals surface area contributed by atoms with Gasteiger partial charge in [0.15, 0.2) is 0 Å². The molecule has 0 saturated heterocycles. The van der Waals surface area contributed by atoms with Crippen LogP contribution in [0.3, 0.4) is 0 Å². The maximum Gasteiger partial charge on any atom is 0.315 e. The molecule has 21 heavy (non-hydrogen) atoms. The molecule has 0 saturated carbocycles. The summed E-state index contributed by atoms with van der Waals surface area (Å²) in [6, 6.07) is 7.66. The first-order valence-corrected chi connectivity index (χ1v) is 7.39. The Labute approximate surface area is 126 Å². The first-order valence-electron chi connectivity index (χ1n) is 7.39. The second-order valence-electron chi connectivity index (χ2n) is 5.19. The van der Waals surface area contributed by atoms with Crippen LogP contribution in [0.4, 0.5) is 4.79 Å². The van der Waals surface area contributed by atoms with Gasteiger partial charge in [-0.25, -0.2) is 4.79 Å². The minimum Gasteiger partial charge on any atom is -0.497 e. The van der Waals surface area contributed by atoms with Gasteiger partial charge >= 0.3 is 6.03 Å². The molecule has 0 aliphatic rings. The number of nitrogens with one attached hydrogen (secondary N) is 2. The average molecular weight is 294 g/mol. The lowest BCUT2D eigenvalue weighted by atomic mass is 10.1. The zero-order valence-corrected chi connectivity index (χ0v) is 13.1. The van der Waals surface area contributed by atoms with Crippen molar-refractivity contribution in [3.63, 3.8) is 0 Å². The van der Waals surface area contributed by atoms with E-state index in [4.69, 9.17) is 9.84 Å². The lowest BCUT2D eigenvalue weighted by molar-refractivity contribution is 0.225. The van der Waals surface area contributed by atoms with Crippen molar-refractivity contribution in [1.82, 2.24) is 10.6 Å². The van der Waals surface area contributed by atoms with Crippen molar-refractivity contribution >= 4 is 6.03 Å². The summed E-state index contributed by atoms with van der Waals surface area (Å²) in [5.41, 5.74) is 1.12. The van der Waals surface area contributed by atoms with Gasteiger partial charge in [-0.3, -0.25) is 0 Å². The van der Waals surface area contributed by atoms with E-state index in [9.17, 15) is 4.79 Å². The van der Waals surface area contributed by atoms with Crippen LogP contribution in [-0.2, 0) is 6.42 Å². The fourth-order valence-electron chi connectivity index (χ4n) is 2.19. The molecule has 0 heterocycles. The van der Waals surface area contributed by atoms with Crippen LogP contribution in [0.5, 0.6) is 5.75 Å². The van der Waals surface area contributed by atoms with Gasteiger partial charge in [0.2, 0.25) is 0 Å². The number of benzene rings is 1. The molecule has 1 aromatic rings. The van der Waals surface area contributed by atoms with Crippen molar-refractivity contribution in [1.29, 1.82) is 0 Å². The summed E-state index contributed by atoms with van der Waals surface area (Å²) in [7, 11) is 1.64. The summed E-state index contributed by atoms with van der Waals surface area (Å²) < 4.78 is 5.19. The summed E-state index contributed by atoms with van der Waals surface area (Å²) in [6.07, 6.45) is 2.12. The molecule has 0 aliphatic heterocycles. The number of aliphatic hydroxyl groups is 1. The number of aliphatic hydroxyl groups excluding tert-OH is 1. The van der Waals surface area contributed by atoms with Gasteiger partial charge in [0, 0.05) is 18.7 Å². The van der Waals surface area contributed by atoms with Crippen molar-refractivity contribution in [3.8, 4) is 5.75 Å². The molecule has 2 unspecified atom stereocenters. The molecule has 0 fully saturated rings. The third-order valence-electron chi connectivity index (χ3n) is 3.36. The number of hydrogen-bond donors (Lipinski definition) is 3. The lowest BCUT2D eigenvalue weighted by Crippen LogP contribution is -2.46. The van der Waals surface area contributed by atoms with Gasteiger partial charge < -0.3 is 20.5 Å². The molecule has 118 valence electrons. The molecule has 0 bridgehead atoms. The van der Waals surface area contributed by atoms with E-state index in [0.717, 1.165) is 24.2 Å². The number of hydrogen-bond acceptors (Lipinski definition) is 3. The predicted octanol–water partition coefficient (Wildman–Crippen LogP) is 2.09. The summed E-state index contributed by atoms with van der Waals surface area (Å²) >= 11 is 0. The Balaban J connectivity index is 2.44. The third kappa shape index (κ3) is 6.49. The van der Waals surface area contributed by atoms with Crippen molar-refractivity contribution < 1.29 is 14.6 Å². The normalized spacial score (nSPS) is 13.3. The molecule has 1 rings (SSSR count). The van der Waals surface area contributed by atoms with E-state index in [2.05, 4.69) is 10.6 Å². The predicted molar refractivity (Wildman–Crippen MR) is 83.6 cm³/mol. The molecule has 5 nitrogen and oxygen atoms in total. The molecule has 0 radical (unpaired) electrons. The highest BCUT2D eigenvalue weighted by Gasteiger charge is 2.12. The van der Waals surface area contributed by atoms with Gasteiger partial charge in [-0.15, -0.1) is 0 Å². The van der Waals surface area contributed by atoms with Crippen LogP contribution >= 0.6 is 0 Å². The monoisotopic (exact) mass is 294 g/mol. The molecule has 5 heteroatoms. The Morgan fingerprint density at radius 2 is 2.14 bits per heavy atom. The van der Waals surface area contributed by atoms with Crippen LogP contribution in [0.25, 0.3) is 0 Å². The number of ether oxygens (including phenoxy) is 1. The maximum absolute atomic E-state index is 11.9. The van der Waals surface area contributed by atoms with Crippen LogP contribution in [-0.4, -0.2) is 36.9 Å². The Hall–Kier alpha value is -1.75. The van der Waals surface area contributed by atoms with E-state index in [-0.39, 0.29) is 24.7 Å². The molecule has 0 aliphatic carbocycles. The molecular weight excluding hydrogens is 268 g/mol. The van der Waals surface area contributed by atoms with Crippen molar-refractivity contribution in [2.24, 2.45) is 0 Å². The smallest absolute Gasteiger partial charge is 0.315 e. The third-order valence-corrected chi connectivity index (χ3v) is 3.36. The minimum absolute atomic E-state index is 0.0130. The van der Waals surface area contributed by atoms with Gasteiger partial charge in [0.25, 0.3) is 0 Å². The number of methoxy groups -OCH3 is 1. The van der Waals surface area contributed by atoms with E-state index < -0.39 is 0 Å². The summed E-state index contributed by atoms with van der Waals surface area (Å²) in [4.78, 5) is 11.9. The molecular formula is C16H26N2O3. The molecule has 0 spiro atoms. The van der Waals surface area contributed by atoms with Gasteiger partial charge in [-0.1, -0.05) is 19.1 Å². The van der Waals surface area contributed by atoms with E-state index in [1.54, 1.807) is 7.11 Å². The summed E-state index contributed by atoms with van der Waals surface area (Å²) in [6.45, 7) is 4.03. The highest BCUT2D eigenvalue weighted by Crippen LogP contribution is 2.13. The minimum atomic E-state index is -0.189.